The highest BCUT2D eigenvalue weighted by Crippen LogP contribution is 2.29. The maximum Gasteiger partial charge on any atom is 0.322 e. The zero-order chi connectivity index (χ0) is 19.0. The Balaban J connectivity index is 1.90. The fourth-order valence-corrected chi connectivity index (χ4v) is 3.33. The number of hydrogen-bond donors (Lipinski definition) is 1. The van der Waals surface area contributed by atoms with Gasteiger partial charge in [-0.1, -0.05) is 26.0 Å². The highest BCUT2D eigenvalue weighted by Gasteiger charge is 2.33. The molecule has 26 heavy (non-hydrogen) atoms. The van der Waals surface area contributed by atoms with Crippen LogP contribution in [0.2, 0.25) is 0 Å². The van der Waals surface area contributed by atoms with Crippen molar-refractivity contribution in [3.8, 4) is 0 Å². The molecule has 1 atom stereocenters. The summed E-state index contributed by atoms with van der Waals surface area (Å²) in [7, 11) is 0. The predicted molar refractivity (Wildman–Crippen MR) is 92.6 cm³/mol. The van der Waals surface area contributed by atoms with Crippen molar-refractivity contribution >= 4 is 11.7 Å². The van der Waals surface area contributed by atoms with Gasteiger partial charge in [-0.25, -0.2) is 0 Å². The molecule has 0 saturated heterocycles. The molecule has 1 unspecified atom stereocenters. The van der Waals surface area contributed by atoms with E-state index in [1.165, 1.54) is 0 Å². The van der Waals surface area contributed by atoms with Gasteiger partial charge in [0, 0.05) is 18.2 Å². The topological polar surface area (TPSA) is 114 Å². The van der Waals surface area contributed by atoms with Gasteiger partial charge in [-0.2, -0.15) is 0 Å². The summed E-state index contributed by atoms with van der Waals surface area (Å²) in [5.41, 5.74) is 1.44. The molecule has 1 aromatic heterocycles. The molecule has 1 aliphatic heterocycles. The molecule has 2 heterocycles. The van der Waals surface area contributed by atoms with Crippen LogP contribution < -0.4 is 0 Å². The zero-order valence-electron chi connectivity index (χ0n) is 14.9. The molecule has 0 bridgehead atoms. The molecule has 0 radical (unpaired) electrons. The van der Waals surface area contributed by atoms with E-state index in [4.69, 9.17) is 0 Å². The lowest BCUT2D eigenvalue weighted by Crippen LogP contribution is -2.47. The first-order chi connectivity index (χ1) is 12.3. The van der Waals surface area contributed by atoms with E-state index in [0.29, 0.717) is 35.9 Å². The maximum absolute atomic E-state index is 11.7. The van der Waals surface area contributed by atoms with Crippen molar-refractivity contribution in [3.05, 3.63) is 51.1 Å². The Kier molecular flexibility index (Phi) is 4.73. The standard InChI is InChI=1S/C17H21N5O4/c1-10(2)13-5-4-12(6-14(13)22(25)26)7-20-9-16-19-18-11(3)21(16)8-15(20)17(23)24/h4-6,10,15H,7-9H2,1-3H3,(H,23,24). The lowest BCUT2D eigenvalue weighted by atomic mass is 9.99. The van der Waals surface area contributed by atoms with Crippen LogP contribution in [-0.2, 0) is 24.4 Å². The Hall–Kier alpha value is -2.81. The third kappa shape index (κ3) is 3.30. The number of hydrogen-bond acceptors (Lipinski definition) is 6. The monoisotopic (exact) mass is 359 g/mol. The molecular weight excluding hydrogens is 338 g/mol. The van der Waals surface area contributed by atoms with E-state index in [9.17, 15) is 20.0 Å². The first-order valence-electron chi connectivity index (χ1n) is 8.40. The van der Waals surface area contributed by atoms with Gasteiger partial charge in [0.15, 0.2) is 0 Å². The average molecular weight is 359 g/mol. The molecule has 0 spiro atoms. The summed E-state index contributed by atoms with van der Waals surface area (Å²) in [6.07, 6.45) is 0. The number of nitro benzene ring substituents is 1. The molecular formula is C17H21N5O4. The van der Waals surface area contributed by atoms with Crippen LogP contribution in [0.25, 0.3) is 0 Å². The average Bonchev–Trinajstić information content (AvgIpc) is 2.94. The number of fused-ring (bicyclic) bond motifs is 1. The summed E-state index contributed by atoms with van der Waals surface area (Å²) in [6, 6.07) is 4.39. The normalized spacial score (nSPS) is 17.3. The van der Waals surface area contributed by atoms with Gasteiger partial charge < -0.3 is 9.67 Å². The molecule has 3 rings (SSSR count). The Morgan fingerprint density at radius 2 is 2.15 bits per heavy atom. The van der Waals surface area contributed by atoms with Crippen LogP contribution in [0.3, 0.4) is 0 Å². The van der Waals surface area contributed by atoms with Crippen molar-refractivity contribution in [3.63, 3.8) is 0 Å². The van der Waals surface area contributed by atoms with E-state index in [1.807, 2.05) is 19.9 Å². The van der Waals surface area contributed by atoms with Crippen molar-refractivity contribution in [1.29, 1.82) is 0 Å². The molecule has 1 aromatic carbocycles. The summed E-state index contributed by atoms with van der Waals surface area (Å²) >= 11 is 0. The van der Waals surface area contributed by atoms with Crippen molar-refractivity contribution in [2.24, 2.45) is 0 Å². The third-order valence-electron chi connectivity index (χ3n) is 4.74. The smallest absolute Gasteiger partial charge is 0.322 e. The van der Waals surface area contributed by atoms with Crippen molar-refractivity contribution in [2.75, 3.05) is 0 Å². The summed E-state index contributed by atoms with van der Waals surface area (Å²) < 4.78 is 1.81. The van der Waals surface area contributed by atoms with E-state index in [2.05, 4.69) is 10.2 Å². The number of carboxylic acid groups (broad SMARTS) is 1. The van der Waals surface area contributed by atoms with Crippen molar-refractivity contribution in [1.82, 2.24) is 19.7 Å². The van der Waals surface area contributed by atoms with Gasteiger partial charge in [-0.3, -0.25) is 19.8 Å². The van der Waals surface area contributed by atoms with Gasteiger partial charge in [0.05, 0.1) is 18.0 Å². The van der Waals surface area contributed by atoms with E-state index in [-0.39, 0.29) is 23.1 Å². The van der Waals surface area contributed by atoms with Crippen LogP contribution in [-0.4, -0.2) is 41.7 Å². The molecule has 2 aromatic rings. The van der Waals surface area contributed by atoms with Crippen molar-refractivity contribution < 1.29 is 14.8 Å². The predicted octanol–water partition coefficient (Wildman–Crippen LogP) is 2.09. The first-order valence-corrected chi connectivity index (χ1v) is 8.40. The maximum atomic E-state index is 11.7. The Bertz CT molecular complexity index is 861. The number of aliphatic carboxylic acids is 1. The van der Waals surface area contributed by atoms with Crippen LogP contribution in [0.5, 0.6) is 0 Å². The molecule has 138 valence electrons. The molecule has 1 N–H and O–H groups in total. The number of aromatic nitrogens is 3. The minimum Gasteiger partial charge on any atom is -0.480 e. The van der Waals surface area contributed by atoms with Crippen LogP contribution in [0.1, 0.15) is 42.5 Å². The second-order valence-corrected chi connectivity index (χ2v) is 6.84. The third-order valence-corrected chi connectivity index (χ3v) is 4.74. The molecule has 9 nitrogen and oxygen atoms in total. The molecule has 9 heteroatoms. The van der Waals surface area contributed by atoms with Crippen molar-refractivity contribution in [2.45, 2.75) is 52.4 Å². The highest BCUT2D eigenvalue weighted by molar-refractivity contribution is 5.73. The molecule has 0 amide bonds. The highest BCUT2D eigenvalue weighted by atomic mass is 16.6. The summed E-state index contributed by atoms with van der Waals surface area (Å²) in [5.74, 6) is 0.487. The number of nitrogens with zero attached hydrogens (tertiary/aromatic N) is 5. The summed E-state index contributed by atoms with van der Waals surface area (Å²) in [4.78, 5) is 24.5. The fourth-order valence-electron chi connectivity index (χ4n) is 3.33. The summed E-state index contributed by atoms with van der Waals surface area (Å²) in [5, 5.41) is 29.1. The van der Waals surface area contributed by atoms with Crippen LogP contribution in [0, 0.1) is 17.0 Å². The lowest BCUT2D eigenvalue weighted by Gasteiger charge is -2.33. The molecule has 1 aliphatic rings. The minimum absolute atomic E-state index is 0.0349. The van der Waals surface area contributed by atoms with E-state index >= 15 is 0 Å². The van der Waals surface area contributed by atoms with Gasteiger partial charge in [-0.05, 0) is 18.4 Å². The van der Waals surface area contributed by atoms with Gasteiger partial charge in [0.25, 0.3) is 5.69 Å². The van der Waals surface area contributed by atoms with Gasteiger partial charge >= 0.3 is 5.97 Å². The molecule has 0 fully saturated rings. The Morgan fingerprint density at radius 3 is 2.77 bits per heavy atom. The fraction of sp³-hybridized carbons (Fsp3) is 0.471. The number of rotatable bonds is 5. The first kappa shape index (κ1) is 18.0. The molecule has 0 aliphatic carbocycles. The number of benzene rings is 1. The van der Waals surface area contributed by atoms with E-state index in [1.54, 1.807) is 28.5 Å². The van der Waals surface area contributed by atoms with E-state index in [0.717, 1.165) is 0 Å². The number of carbonyl (C=O) groups is 1. The zero-order valence-corrected chi connectivity index (χ0v) is 14.9. The van der Waals surface area contributed by atoms with Gasteiger partial charge in [0.1, 0.15) is 17.7 Å². The second kappa shape index (κ2) is 6.83. The van der Waals surface area contributed by atoms with Gasteiger partial charge in [-0.15, -0.1) is 10.2 Å². The quantitative estimate of drug-likeness (QED) is 0.642. The largest absolute Gasteiger partial charge is 0.480 e. The lowest BCUT2D eigenvalue weighted by molar-refractivity contribution is -0.385. The Labute approximate surface area is 150 Å². The Morgan fingerprint density at radius 1 is 1.42 bits per heavy atom. The number of nitro groups is 1. The van der Waals surface area contributed by atoms with Crippen LogP contribution >= 0.6 is 0 Å². The van der Waals surface area contributed by atoms with Gasteiger partial charge in [0.2, 0.25) is 0 Å². The van der Waals surface area contributed by atoms with Crippen LogP contribution in [0.15, 0.2) is 18.2 Å². The second-order valence-electron chi connectivity index (χ2n) is 6.84. The van der Waals surface area contributed by atoms with E-state index < -0.39 is 12.0 Å². The molecule has 0 saturated carbocycles. The SMILES string of the molecule is Cc1nnc2n1CC(C(=O)O)N(Cc1ccc(C(C)C)c([N+](=O)[O-])c1)C2. The minimum atomic E-state index is -0.933. The van der Waals surface area contributed by atoms with Crippen LogP contribution in [0.4, 0.5) is 5.69 Å². The number of aryl methyl sites for hydroxylation is 1. The number of carboxylic acids is 1. The summed E-state index contributed by atoms with van der Waals surface area (Å²) in [6.45, 7) is 6.49.